The van der Waals surface area contributed by atoms with Crippen molar-refractivity contribution in [3.05, 3.63) is 119 Å². The summed E-state index contributed by atoms with van der Waals surface area (Å²) in [5.41, 5.74) is 8.11. The molecule has 7 rings (SSSR count). The number of hydrogen-bond acceptors (Lipinski definition) is 6. The molecule has 4 heterocycles. The lowest BCUT2D eigenvalue weighted by atomic mass is 9.97. The van der Waals surface area contributed by atoms with E-state index in [2.05, 4.69) is 48.3 Å². The van der Waals surface area contributed by atoms with Crippen LogP contribution >= 0.6 is 0 Å². The number of hydrogen-bond donors (Lipinski definition) is 1. The smallest absolute Gasteiger partial charge is 0.179 e. The average molecular weight is 499 g/mol. The number of benzene rings is 3. The second-order valence-electron chi connectivity index (χ2n) is 9.67. The van der Waals surface area contributed by atoms with Crippen molar-refractivity contribution in [2.75, 3.05) is 10.2 Å². The monoisotopic (exact) mass is 498 g/mol. The molecule has 7 heteroatoms. The maximum atomic E-state index is 6.05. The number of amidine groups is 2. The van der Waals surface area contributed by atoms with E-state index in [0.717, 1.165) is 45.6 Å². The number of aromatic nitrogens is 2. The Morgan fingerprint density at radius 1 is 0.816 bits per heavy atom. The van der Waals surface area contributed by atoms with E-state index in [4.69, 9.17) is 19.5 Å². The van der Waals surface area contributed by atoms with E-state index in [1.165, 1.54) is 11.1 Å². The molecule has 0 amide bonds. The zero-order valence-corrected chi connectivity index (χ0v) is 21.4. The number of fused-ring (bicyclic) bond motifs is 4. The number of furan rings is 1. The molecular formula is C31H26N6O. The lowest BCUT2D eigenvalue weighted by Crippen LogP contribution is -2.46. The zero-order valence-electron chi connectivity index (χ0n) is 21.4. The highest BCUT2D eigenvalue weighted by atomic mass is 16.3. The van der Waals surface area contributed by atoms with Gasteiger partial charge < -0.3 is 14.6 Å². The van der Waals surface area contributed by atoms with E-state index in [1.54, 1.807) is 6.26 Å². The SMILES string of the molecule is Cc1ccc(NC2=Nc3ccccc3N3C2=Nc2c(c(C)nn2-c2ccccc2)C3c2ccco2)cc1C. The summed E-state index contributed by atoms with van der Waals surface area (Å²) < 4.78 is 7.97. The van der Waals surface area contributed by atoms with Gasteiger partial charge in [0.25, 0.3) is 0 Å². The van der Waals surface area contributed by atoms with Gasteiger partial charge >= 0.3 is 0 Å². The third kappa shape index (κ3) is 3.47. The van der Waals surface area contributed by atoms with Gasteiger partial charge in [-0.1, -0.05) is 36.4 Å². The molecule has 0 radical (unpaired) electrons. The fourth-order valence-electron chi connectivity index (χ4n) is 5.22. The van der Waals surface area contributed by atoms with Gasteiger partial charge in [0.2, 0.25) is 0 Å². The molecule has 1 N–H and O–H groups in total. The highest BCUT2D eigenvalue weighted by molar-refractivity contribution is 6.51. The highest BCUT2D eigenvalue weighted by Crippen LogP contribution is 2.48. The van der Waals surface area contributed by atoms with Gasteiger partial charge in [-0.05, 0) is 80.4 Å². The van der Waals surface area contributed by atoms with E-state index < -0.39 is 0 Å². The molecule has 5 aromatic rings. The maximum absolute atomic E-state index is 6.05. The molecule has 7 nitrogen and oxygen atoms in total. The van der Waals surface area contributed by atoms with E-state index in [9.17, 15) is 0 Å². The van der Waals surface area contributed by atoms with Gasteiger partial charge in [-0.25, -0.2) is 14.7 Å². The lowest BCUT2D eigenvalue weighted by molar-refractivity contribution is 0.487. The minimum absolute atomic E-state index is 0.266. The molecule has 0 saturated carbocycles. The van der Waals surface area contributed by atoms with E-state index in [1.807, 2.05) is 72.3 Å². The van der Waals surface area contributed by atoms with Gasteiger partial charge in [0.05, 0.1) is 34.6 Å². The standard InChI is InChI=1S/C31H26N6O/c1-19-15-16-22(18-20(19)2)32-29-31-34-30-27(21(3)35-37(30)23-10-5-4-6-11-23)28(26-14-9-17-38-26)36(31)25-13-8-7-12-24(25)33-29/h4-18,28H,1-3H3,(H,32,33). The largest absolute Gasteiger partial charge is 0.467 e. The molecule has 2 aromatic heterocycles. The van der Waals surface area contributed by atoms with Gasteiger partial charge in [0.1, 0.15) is 11.8 Å². The molecule has 1 atom stereocenters. The predicted octanol–water partition coefficient (Wildman–Crippen LogP) is 7.19. The summed E-state index contributed by atoms with van der Waals surface area (Å²) in [6, 6.07) is 28.3. The van der Waals surface area contributed by atoms with Crippen LogP contribution in [-0.2, 0) is 0 Å². The first-order valence-electron chi connectivity index (χ1n) is 12.7. The van der Waals surface area contributed by atoms with Crippen molar-refractivity contribution in [3.8, 4) is 5.69 Å². The Labute approximate surface area is 220 Å². The van der Waals surface area contributed by atoms with Crippen LogP contribution in [0.4, 0.5) is 22.9 Å². The summed E-state index contributed by atoms with van der Waals surface area (Å²) in [6.45, 7) is 6.26. The molecule has 38 heavy (non-hydrogen) atoms. The number of aliphatic imine (C=N–C) groups is 2. The lowest BCUT2D eigenvalue weighted by Gasteiger charge is -2.39. The first-order chi connectivity index (χ1) is 18.6. The summed E-state index contributed by atoms with van der Waals surface area (Å²) in [7, 11) is 0. The zero-order chi connectivity index (χ0) is 25.8. The van der Waals surface area contributed by atoms with Crippen LogP contribution < -0.4 is 10.2 Å². The van der Waals surface area contributed by atoms with E-state index >= 15 is 0 Å². The topological polar surface area (TPSA) is 71.0 Å². The first kappa shape index (κ1) is 22.3. The molecule has 0 aliphatic carbocycles. The number of nitrogens with zero attached hydrogens (tertiary/aromatic N) is 5. The average Bonchev–Trinajstić information content (AvgIpc) is 3.59. The summed E-state index contributed by atoms with van der Waals surface area (Å²) in [5.74, 6) is 2.98. The molecule has 3 aromatic carbocycles. The van der Waals surface area contributed by atoms with Gasteiger partial charge in [-0.2, -0.15) is 5.10 Å². The number of para-hydroxylation sites is 3. The van der Waals surface area contributed by atoms with Crippen molar-refractivity contribution in [1.82, 2.24) is 9.78 Å². The minimum Gasteiger partial charge on any atom is -0.467 e. The fraction of sp³-hybridized carbons (Fsp3) is 0.129. The normalized spacial score (nSPS) is 15.8. The predicted molar refractivity (Wildman–Crippen MR) is 152 cm³/mol. The van der Waals surface area contributed by atoms with Crippen molar-refractivity contribution < 1.29 is 4.42 Å². The summed E-state index contributed by atoms with van der Waals surface area (Å²) in [6.07, 6.45) is 1.72. The number of rotatable bonds is 3. The van der Waals surface area contributed by atoms with Crippen LogP contribution in [0, 0.1) is 20.8 Å². The second kappa shape index (κ2) is 8.59. The van der Waals surface area contributed by atoms with Crippen LogP contribution in [-0.4, -0.2) is 21.5 Å². The third-order valence-corrected chi connectivity index (χ3v) is 7.22. The van der Waals surface area contributed by atoms with Crippen molar-refractivity contribution in [2.24, 2.45) is 9.98 Å². The fourth-order valence-corrected chi connectivity index (χ4v) is 5.22. The Morgan fingerprint density at radius 2 is 1.63 bits per heavy atom. The first-order valence-corrected chi connectivity index (χ1v) is 12.7. The second-order valence-corrected chi connectivity index (χ2v) is 9.67. The summed E-state index contributed by atoms with van der Waals surface area (Å²) >= 11 is 0. The highest BCUT2D eigenvalue weighted by Gasteiger charge is 2.42. The summed E-state index contributed by atoms with van der Waals surface area (Å²) in [5, 5.41) is 8.52. The number of anilines is 2. The van der Waals surface area contributed by atoms with Gasteiger partial charge in [-0.15, -0.1) is 0 Å². The molecule has 2 aliphatic heterocycles. The Morgan fingerprint density at radius 3 is 2.42 bits per heavy atom. The molecule has 0 fully saturated rings. The Hall–Kier alpha value is -4.91. The third-order valence-electron chi connectivity index (χ3n) is 7.22. The molecular weight excluding hydrogens is 472 g/mol. The molecule has 0 spiro atoms. The molecule has 0 bridgehead atoms. The number of nitrogens with one attached hydrogen (secondary N) is 1. The van der Waals surface area contributed by atoms with Crippen LogP contribution in [0.15, 0.2) is 106 Å². The quantitative estimate of drug-likeness (QED) is 0.286. The molecule has 1 unspecified atom stereocenters. The van der Waals surface area contributed by atoms with Crippen LogP contribution in [0.1, 0.15) is 34.2 Å². The van der Waals surface area contributed by atoms with Crippen LogP contribution in [0.2, 0.25) is 0 Å². The van der Waals surface area contributed by atoms with E-state index in [-0.39, 0.29) is 6.04 Å². The Kier molecular flexibility index (Phi) is 5.04. The van der Waals surface area contributed by atoms with Crippen LogP contribution in [0.5, 0.6) is 0 Å². The van der Waals surface area contributed by atoms with Gasteiger partial charge in [0, 0.05) is 5.69 Å². The Balaban J connectivity index is 1.48. The molecule has 0 saturated heterocycles. The number of aryl methyl sites for hydroxylation is 3. The van der Waals surface area contributed by atoms with Crippen LogP contribution in [0.3, 0.4) is 0 Å². The molecule has 186 valence electrons. The van der Waals surface area contributed by atoms with Crippen molar-refractivity contribution in [2.45, 2.75) is 26.8 Å². The summed E-state index contributed by atoms with van der Waals surface area (Å²) in [4.78, 5) is 12.5. The van der Waals surface area contributed by atoms with Gasteiger partial charge in [0.15, 0.2) is 17.5 Å². The van der Waals surface area contributed by atoms with Crippen LogP contribution in [0.25, 0.3) is 5.69 Å². The Bertz CT molecular complexity index is 1730. The van der Waals surface area contributed by atoms with Gasteiger partial charge in [-0.3, -0.25) is 0 Å². The van der Waals surface area contributed by atoms with Crippen molar-refractivity contribution in [1.29, 1.82) is 0 Å². The minimum atomic E-state index is -0.266. The maximum Gasteiger partial charge on any atom is 0.179 e. The van der Waals surface area contributed by atoms with Crippen molar-refractivity contribution in [3.63, 3.8) is 0 Å². The van der Waals surface area contributed by atoms with Crippen molar-refractivity contribution >= 4 is 34.6 Å². The van der Waals surface area contributed by atoms with E-state index in [0.29, 0.717) is 11.7 Å². The molecule has 2 aliphatic rings.